The summed E-state index contributed by atoms with van der Waals surface area (Å²) < 4.78 is 0. The number of carbonyl (C=O) groups excluding carboxylic acids is 1. The highest BCUT2D eigenvalue weighted by molar-refractivity contribution is 8.00. The number of aromatic amines is 1. The average molecular weight is 250 g/mol. The molecule has 0 aliphatic heterocycles. The summed E-state index contributed by atoms with van der Waals surface area (Å²) in [6.07, 6.45) is 3.39. The van der Waals surface area contributed by atoms with E-state index in [2.05, 4.69) is 30.9 Å². The summed E-state index contributed by atoms with van der Waals surface area (Å²) in [5.41, 5.74) is 0. The summed E-state index contributed by atoms with van der Waals surface area (Å²) in [6.45, 7) is 0.284. The predicted molar refractivity (Wildman–Crippen MR) is 61.0 cm³/mol. The highest BCUT2D eigenvalue weighted by atomic mass is 32.2. The fourth-order valence-electron chi connectivity index (χ4n) is 1.07. The molecular weight excluding hydrogens is 240 g/mol. The zero-order valence-corrected chi connectivity index (χ0v) is 9.65. The van der Waals surface area contributed by atoms with Gasteiger partial charge >= 0.3 is 0 Å². The normalized spacial score (nSPS) is 10.1. The van der Waals surface area contributed by atoms with Crippen molar-refractivity contribution in [3.05, 3.63) is 30.4 Å². The van der Waals surface area contributed by atoms with Crippen LogP contribution in [0.15, 0.2) is 29.4 Å². The second kappa shape index (κ2) is 5.94. The topological polar surface area (TPSA) is 96.5 Å². The molecule has 8 heteroatoms. The first kappa shape index (κ1) is 11.5. The molecule has 0 fully saturated rings. The van der Waals surface area contributed by atoms with Gasteiger partial charge in [-0.1, -0.05) is 5.21 Å². The van der Waals surface area contributed by atoms with Crippen molar-refractivity contribution in [1.29, 1.82) is 0 Å². The van der Waals surface area contributed by atoms with Crippen molar-refractivity contribution >= 4 is 17.7 Å². The number of H-pyrrole nitrogens is 1. The summed E-state index contributed by atoms with van der Waals surface area (Å²) in [5.74, 6) is 0.742. The molecule has 0 spiro atoms. The molecule has 2 aromatic heterocycles. The van der Waals surface area contributed by atoms with Crippen LogP contribution in [0.3, 0.4) is 0 Å². The maximum atomic E-state index is 11.5. The minimum atomic E-state index is -0.0726. The van der Waals surface area contributed by atoms with E-state index in [1.54, 1.807) is 12.4 Å². The van der Waals surface area contributed by atoms with E-state index in [1.807, 2.05) is 12.1 Å². The number of thioether (sulfide) groups is 1. The molecule has 0 aliphatic carbocycles. The first-order valence-corrected chi connectivity index (χ1v) is 5.85. The molecule has 2 N–H and O–H groups in total. The van der Waals surface area contributed by atoms with E-state index >= 15 is 0 Å². The summed E-state index contributed by atoms with van der Waals surface area (Å²) in [7, 11) is 0. The van der Waals surface area contributed by atoms with Crippen LogP contribution in [0.1, 0.15) is 5.82 Å². The number of pyridine rings is 1. The van der Waals surface area contributed by atoms with E-state index in [1.165, 1.54) is 11.8 Å². The van der Waals surface area contributed by atoms with Crippen LogP contribution in [0.2, 0.25) is 0 Å². The van der Waals surface area contributed by atoms with Gasteiger partial charge in [0.1, 0.15) is 0 Å². The molecule has 7 nitrogen and oxygen atoms in total. The van der Waals surface area contributed by atoms with Crippen molar-refractivity contribution in [2.75, 3.05) is 5.75 Å². The van der Waals surface area contributed by atoms with E-state index in [0.29, 0.717) is 11.6 Å². The Kier molecular flexibility index (Phi) is 4.03. The van der Waals surface area contributed by atoms with Crippen molar-refractivity contribution in [3.8, 4) is 0 Å². The molecule has 0 aliphatic rings. The van der Waals surface area contributed by atoms with Crippen LogP contribution in [-0.4, -0.2) is 37.3 Å². The van der Waals surface area contributed by atoms with E-state index in [4.69, 9.17) is 0 Å². The third-order valence-electron chi connectivity index (χ3n) is 1.85. The average Bonchev–Trinajstić information content (AvgIpc) is 2.88. The van der Waals surface area contributed by atoms with Gasteiger partial charge in [0.2, 0.25) is 5.91 Å². The number of aromatic nitrogens is 5. The number of tetrazole rings is 1. The van der Waals surface area contributed by atoms with Gasteiger partial charge in [-0.25, -0.2) is 0 Å². The zero-order chi connectivity index (χ0) is 11.9. The molecular formula is C9H10N6OS. The monoisotopic (exact) mass is 250 g/mol. The Balaban J connectivity index is 1.71. The molecule has 0 unspecified atom stereocenters. The SMILES string of the molecule is O=C(CSc1ccncc1)NCc1nn[nH]n1. The number of hydrogen-bond acceptors (Lipinski definition) is 6. The van der Waals surface area contributed by atoms with Gasteiger partial charge in [-0.15, -0.1) is 22.0 Å². The number of hydrogen-bond donors (Lipinski definition) is 2. The highest BCUT2D eigenvalue weighted by Gasteiger charge is 2.04. The molecule has 88 valence electrons. The lowest BCUT2D eigenvalue weighted by atomic mass is 10.5. The Morgan fingerprint density at radius 2 is 2.24 bits per heavy atom. The van der Waals surface area contributed by atoms with Crippen molar-refractivity contribution in [3.63, 3.8) is 0 Å². The number of nitrogens with zero attached hydrogens (tertiary/aromatic N) is 4. The number of carbonyl (C=O) groups is 1. The van der Waals surface area contributed by atoms with Gasteiger partial charge in [0.15, 0.2) is 5.82 Å². The molecule has 2 rings (SSSR count). The van der Waals surface area contributed by atoms with Crippen LogP contribution in [0.25, 0.3) is 0 Å². The Morgan fingerprint density at radius 1 is 1.41 bits per heavy atom. The smallest absolute Gasteiger partial charge is 0.230 e. The third kappa shape index (κ3) is 3.83. The number of nitrogens with one attached hydrogen (secondary N) is 2. The van der Waals surface area contributed by atoms with E-state index < -0.39 is 0 Å². The van der Waals surface area contributed by atoms with Gasteiger partial charge in [0.05, 0.1) is 12.3 Å². The van der Waals surface area contributed by atoms with Crippen LogP contribution in [-0.2, 0) is 11.3 Å². The van der Waals surface area contributed by atoms with Crippen molar-refractivity contribution in [2.24, 2.45) is 0 Å². The van der Waals surface area contributed by atoms with Crippen molar-refractivity contribution in [2.45, 2.75) is 11.4 Å². The summed E-state index contributed by atoms with van der Waals surface area (Å²) >= 11 is 1.45. The molecule has 2 aromatic rings. The molecule has 0 aromatic carbocycles. The Bertz CT molecular complexity index is 460. The van der Waals surface area contributed by atoms with Gasteiger partial charge in [-0.3, -0.25) is 9.78 Å². The summed E-state index contributed by atoms with van der Waals surface area (Å²) in [6, 6.07) is 3.72. The minimum absolute atomic E-state index is 0.0726. The van der Waals surface area contributed by atoms with Gasteiger partial charge in [-0.2, -0.15) is 5.21 Å². The van der Waals surface area contributed by atoms with Gasteiger partial charge < -0.3 is 5.32 Å². The lowest BCUT2D eigenvalue weighted by Gasteiger charge is -2.02. The van der Waals surface area contributed by atoms with Crippen LogP contribution in [0, 0.1) is 0 Å². The van der Waals surface area contributed by atoms with Gasteiger partial charge in [0.25, 0.3) is 0 Å². The quantitative estimate of drug-likeness (QED) is 0.725. The maximum Gasteiger partial charge on any atom is 0.230 e. The highest BCUT2D eigenvalue weighted by Crippen LogP contribution is 2.15. The van der Waals surface area contributed by atoms with Crippen LogP contribution in [0.4, 0.5) is 0 Å². The first-order valence-electron chi connectivity index (χ1n) is 4.86. The van der Waals surface area contributed by atoms with Crippen molar-refractivity contribution < 1.29 is 4.79 Å². The van der Waals surface area contributed by atoms with E-state index in [9.17, 15) is 4.79 Å². The molecule has 2 heterocycles. The molecule has 17 heavy (non-hydrogen) atoms. The third-order valence-corrected chi connectivity index (χ3v) is 2.86. The fraction of sp³-hybridized carbons (Fsp3) is 0.222. The van der Waals surface area contributed by atoms with Crippen LogP contribution < -0.4 is 5.32 Å². The molecule has 1 amide bonds. The second-order valence-electron chi connectivity index (χ2n) is 3.08. The summed E-state index contributed by atoms with van der Waals surface area (Å²) in [4.78, 5) is 16.4. The maximum absolute atomic E-state index is 11.5. The largest absolute Gasteiger partial charge is 0.348 e. The van der Waals surface area contributed by atoms with Crippen LogP contribution in [0.5, 0.6) is 0 Å². The van der Waals surface area contributed by atoms with E-state index in [0.717, 1.165) is 4.90 Å². The molecule has 0 saturated heterocycles. The second-order valence-corrected chi connectivity index (χ2v) is 4.13. The Labute approximate surface area is 101 Å². The number of rotatable bonds is 5. The van der Waals surface area contributed by atoms with Crippen LogP contribution >= 0.6 is 11.8 Å². The van der Waals surface area contributed by atoms with Gasteiger partial charge in [-0.05, 0) is 12.1 Å². The Hall–Kier alpha value is -1.96. The molecule has 0 saturated carbocycles. The standard InChI is InChI=1S/C9H10N6OS/c16-9(11-5-8-12-14-15-13-8)6-17-7-1-3-10-4-2-7/h1-4H,5-6H2,(H,11,16)(H,12,13,14,15). The lowest BCUT2D eigenvalue weighted by Crippen LogP contribution is -2.25. The fourth-order valence-corrected chi connectivity index (χ4v) is 1.78. The molecule has 0 bridgehead atoms. The van der Waals surface area contributed by atoms with E-state index in [-0.39, 0.29) is 12.5 Å². The zero-order valence-electron chi connectivity index (χ0n) is 8.83. The molecule has 0 atom stereocenters. The Morgan fingerprint density at radius 3 is 2.94 bits per heavy atom. The van der Waals surface area contributed by atoms with Gasteiger partial charge in [0, 0.05) is 17.3 Å². The summed E-state index contributed by atoms with van der Waals surface area (Å²) in [5, 5.41) is 15.9. The van der Waals surface area contributed by atoms with Crippen molar-refractivity contribution in [1.82, 2.24) is 30.9 Å². The minimum Gasteiger partial charge on any atom is -0.348 e. The molecule has 0 radical (unpaired) electrons. The lowest BCUT2D eigenvalue weighted by molar-refractivity contribution is -0.118. The first-order chi connectivity index (χ1) is 8.34. The predicted octanol–water partition coefficient (Wildman–Crippen LogP) is 0.00320. The number of amides is 1.